The van der Waals surface area contributed by atoms with Crippen molar-refractivity contribution in [3.8, 4) is 0 Å². The van der Waals surface area contributed by atoms with Crippen LogP contribution in [0.3, 0.4) is 0 Å². The highest BCUT2D eigenvalue weighted by molar-refractivity contribution is 6.93. The van der Waals surface area contributed by atoms with Gasteiger partial charge in [0.15, 0.2) is 75.6 Å². The number of fused-ring (bicyclic) bond motifs is 1. The van der Waals surface area contributed by atoms with E-state index in [1.165, 1.54) is 0 Å². The van der Waals surface area contributed by atoms with Gasteiger partial charge in [-0.2, -0.15) is 0 Å². The van der Waals surface area contributed by atoms with E-state index in [-0.39, 0.29) is 0 Å². The molecule has 5 rings (SSSR count). The van der Waals surface area contributed by atoms with Crippen LogP contribution in [0.1, 0.15) is 17.5 Å². The van der Waals surface area contributed by atoms with Gasteiger partial charge in [0.25, 0.3) is 0 Å². The predicted molar refractivity (Wildman–Crippen MR) is 133 cm³/mol. The zero-order valence-corrected chi connectivity index (χ0v) is 25.1. The molecule has 0 nitrogen and oxygen atoms in total. The van der Waals surface area contributed by atoms with Crippen molar-refractivity contribution in [2.24, 2.45) is 5.92 Å². The van der Waals surface area contributed by atoms with Crippen molar-refractivity contribution in [2.45, 2.75) is 18.3 Å². The summed E-state index contributed by atoms with van der Waals surface area (Å²) in [6, 6.07) is 0. The first kappa shape index (κ1) is 37.4. The van der Waals surface area contributed by atoms with Gasteiger partial charge in [-0.3, -0.25) is 0 Å². The molecule has 0 spiro atoms. The Morgan fingerprint density at radius 2 is 0.760 bits per heavy atom. The molecule has 3 aromatic carbocycles. The van der Waals surface area contributed by atoms with E-state index < -0.39 is 175 Å². The second kappa shape index (κ2) is 12.1. The van der Waals surface area contributed by atoms with E-state index in [9.17, 15) is 60.6 Å². The van der Waals surface area contributed by atoms with Crippen LogP contribution in [0.15, 0.2) is 10.8 Å². The molecule has 0 amide bonds. The molecule has 1 heterocycles. The monoisotopic (exact) mass is 784 g/mol. The fourth-order valence-corrected chi connectivity index (χ4v) is 8.71. The van der Waals surface area contributed by atoms with Gasteiger partial charge in [-0.15, -0.1) is 0 Å². The fourth-order valence-electron chi connectivity index (χ4n) is 6.29. The van der Waals surface area contributed by atoms with Crippen LogP contribution in [0.25, 0.3) is 11.0 Å². The van der Waals surface area contributed by atoms with Crippen LogP contribution >= 0.6 is 0 Å². The highest BCUT2D eigenvalue weighted by atomic mass is 28.5. The maximum Gasteiger partial charge on any atom is 0.653 e. The number of halogens is 21. The van der Waals surface area contributed by atoms with Crippen molar-refractivity contribution < 1.29 is 90.5 Å². The van der Waals surface area contributed by atoms with Gasteiger partial charge >= 0.3 is 18.2 Å². The molecular formula is C26H6BF21Si2. The SMILES string of the molecule is Fc1c(F)c(F)c(B2C[C@@H]3C[C@H]([Si](F)(F)F)C(c4c(F)c(F)c(F)c(F)c4F)=C3C([Si](F)(F)F)=C2c2c(F)c(F)c(F)c(F)c2F)c(F)c1F. The number of benzene rings is 3. The highest BCUT2D eigenvalue weighted by Gasteiger charge is 2.62. The minimum atomic E-state index is -8.48. The van der Waals surface area contributed by atoms with E-state index in [1.54, 1.807) is 0 Å². The van der Waals surface area contributed by atoms with Crippen molar-refractivity contribution >= 4 is 41.4 Å². The Labute approximate surface area is 265 Å². The van der Waals surface area contributed by atoms with Gasteiger partial charge < -0.3 is 0 Å². The summed E-state index contributed by atoms with van der Waals surface area (Å²) < 4.78 is 307. The average molecular weight is 784 g/mol. The largest absolute Gasteiger partial charge is 0.653 e. The maximum atomic E-state index is 15.2. The number of rotatable bonds is 5. The molecule has 2 aliphatic rings. The molecular weight excluding hydrogens is 778 g/mol. The standard InChI is InChI=1S/C26H6BF21Si2/c28-11-7(12(29)18(35)23(40)17(11)34)6-4(49(43,44)45)1-3-2-27(10-15(32)21(38)25(42)22(39)16(10)33)9(26(5(3)6)50(46,47)48)8-13(30)19(36)24(41)20(37)14(8)31/h3-4H,1-2H2/t3-,4-/m0/s1. The van der Waals surface area contributed by atoms with Gasteiger partial charge in [-0.05, 0) is 23.5 Å². The van der Waals surface area contributed by atoms with Gasteiger partial charge in [0.2, 0.25) is 18.3 Å². The molecule has 0 radical (unpaired) electrons. The Balaban J connectivity index is 2.13. The van der Waals surface area contributed by atoms with Crippen molar-refractivity contribution in [2.75, 3.05) is 0 Å². The molecule has 2 atom stereocenters. The summed E-state index contributed by atoms with van der Waals surface area (Å²) in [5.74, 6) is -48.8. The van der Waals surface area contributed by atoms with E-state index in [1.807, 2.05) is 0 Å². The molecule has 50 heavy (non-hydrogen) atoms. The van der Waals surface area contributed by atoms with Crippen molar-refractivity contribution in [3.63, 3.8) is 0 Å². The molecule has 0 fully saturated rings. The van der Waals surface area contributed by atoms with Crippen molar-refractivity contribution in [1.29, 1.82) is 0 Å². The number of hydrogen-bond donors (Lipinski definition) is 0. The fraction of sp³-hybridized carbons (Fsp3) is 0.154. The molecule has 0 N–H and O–H groups in total. The second-order valence-corrected chi connectivity index (χ2v) is 14.1. The van der Waals surface area contributed by atoms with Crippen LogP contribution in [-0.4, -0.2) is 24.9 Å². The topological polar surface area (TPSA) is 0 Å². The molecule has 0 saturated carbocycles. The first-order valence-corrected chi connectivity index (χ1v) is 16.4. The summed E-state index contributed by atoms with van der Waals surface area (Å²) >= 11 is 0. The first-order chi connectivity index (χ1) is 22.9. The van der Waals surface area contributed by atoms with E-state index in [0.717, 1.165) is 0 Å². The lowest BCUT2D eigenvalue weighted by Gasteiger charge is -2.34. The molecule has 0 bridgehead atoms. The van der Waals surface area contributed by atoms with Gasteiger partial charge in [0, 0.05) is 16.2 Å². The lowest BCUT2D eigenvalue weighted by atomic mass is 9.33. The quantitative estimate of drug-likeness (QED) is 0.0796. The van der Waals surface area contributed by atoms with Crippen LogP contribution in [0.5, 0.6) is 0 Å². The van der Waals surface area contributed by atoms with Crippen LogP contribution in [-0.2, 0) is 0 Å². The molecule has 1 aliphatic heterocycles. The molecule has 24 heteroatoms. The number of hydrogen-bond acceptors (Lipinski definition) is 0. The Kier molecular flexibility index (Phi) is 9.09. The molecule has 0 unspecified atom stereocenters. The minimum absolute atomic E-state index is 1.88. The molecule has 268 valence electrons. The van der Waals surface area contributed by atoms with Crippen LogP contribution in [0.2, 0.25) is 11.9 Å². The molecule has 1 aliphatic carbocycles. The zero-order chi connectivity index (χ0) is 37.8. The summed E-state index contributed by atoms with van der Waals surface area (Å²) in [7, 11) is -16.3. The summed E-state index contributed by atoms with van der Waals surface area (Å²) in [5.41, 5.74) is -18.7. The first-order valence-electron chi connectivity index (χ1n) is 13.0. The van der Waals surface area contributed by atoms with Crippen LogP contribution in [0.4, 0.5) is 90.5 Å². The third-order valence-electron chi connectivity index (χ3n) is 8.20. The third-order valence-corrected chi connectivity index (χ3v) is 10.6. The predicted octanol–water partition coefficient (Wildman–Crippen LogP) is 9.56. The summed E-state index contributed by atoms with van der Waals surface area (Å²) in [5, 5.41) is -2.98. The van der Waals surface area contributed by atoms with Crippen LogP contribution in [0, 0.1) is 93.2 Å². The Morgan fingerprint density at radius 3 is 1.12 bits per heavy atom. The maximum absolute atomic E-state index is 15.2. The Hall–Kier alpha value is -3.83. The molecule has 3 aromatic rings. The third kappa shape index (κ3) is 5.34. The van der Waals surface area contributed by atoms with Gasteiger partial charge in [-0.25, -0.2) is 90.5 Å². The highest BCUT2D eigenvalue weighted by Crippen LogP contribution is 2.61. The van der Waals surface area contributed by atoms with E-state index >= 15 is 29.9 Å². The average Bonchev–Trinajstić information content (AvgIpc) is 3.41. The van der Waals surface area contributed by atoms with Gasteiger partial charge in [-0.1, -0.05) is 11.8 Å². The van der Waals surface area contributed by atoms with Gasteiger partial charge in [0.1, 0.15) is 0 Å². The lowest BCUT2D eigenvalue weighted by molar-refractivity contribution is 0.375. The minimum Gasteiger partial charge on any atom is -0.237 e. The smallest absolute Gasteiger partial charge is 0.237 e. The normalized spacial score (nSPS) is 18.5. The summed E-state index contributed by atoms with van der Waals surface area (Å²) in [6.07, 6.45) is -3.78. The molecule has 0 saturated heterocycles. The van der Waals surface area contributed by atoms with E-state index in [2.05, 4.69) is 0 Å². The number of allylic oxidation sites excluding steroid dienone is 3. The molecule has 0 aromatic heterocycles. The van der Waals surface area contributed by atoms with Crippen molar-refractivity contribution in [1.82, 2.24) is 0 Å². The van der Waals surface area contributed by atoms with Crippen LogP contribution < -0.4 is 5.46 Å². The van der Waals surface area contributed by atoms with E-state index in [0.29, 0.717) is 0 Å². The summed E-state index contributed by atoms with van der Waals surface area (Å²) in [6.45, 7) is -3.42. The Bertz CT molecular complexity index is 1980. The zero-order valence-electron chi connectivity index (χ0n) is 23.1. The van der Waals surface area contributed by atoms with Gasteiger partial charge in [0.05, 0.1) is 11.1 Å². The van der Waals surface area contributed by atoms with Crippen molar-refractivity contribution in [3.05, 3.63) is 109 Å². The lowest BCUT2D eigenvalue weighted by Crippen LogP contribution is -2.46. The summed E-state index contributed by atoms with van der Waals surface area (Å²) in [4.78, 5) is 0. The Morgan fingerprint density at radius 1 is 0.420 bits per heavy atom. The second-order valence-electron chi connectivity index (χ2n) is 10.8. The van der Waals surface area contributed by atoms with E-state index in [4.69, 9.17) is 0 Å².